The lowest BCUT2D eigenvalue weighted by molar-refractivity contribution is -0.127. The van der Waals surface area contributed by atoms with Crippen molar-refractivity contribution in [1.29, 1.82) is 0 Å². The molecule has 0 saturated carbocycles. The number of amides is 2. The van der Waals surface area contributed by atoms with Crippen LogP contribution in [0.2, 0.25) is 0 Å². The SMILES string of the molecule is CSCC(C)NC(=O)CNC(=O)[C@@H](N)C(C)C. The molecule has 2 amide bonds. The van der Waals surface area contributed by atoms with Gasteiger partial charge in [0, 0.05) is 11.8 Å². The van der Waals surface area contributed by atoms with Gasteiger partial charge in [0.05, 0.1) is 12.6 Å². The molecule has 0 aromatic heterocycles. The quantitative estimate of drug-likeness (QED) is 0.600. The molecular weight excluding hydrogens is 238 g/mol. The number of nitrogens with one attached hydrogen (secondary N) is 2. The predicted molar refractivity (Wildman–Crippen MR) is 71.8 cm³/mol. The van der Waals surface area contributed by atoms with Gasteiger partial charge in [-0.3, -0.25) is 9.59 Å². The Hall–Kier alpha value is -0.750. The van der Waals surface area contributed by atoms with Crippen LogP contribution in [0.4, 0.5) is 0 Å². The van der Waals surface area contributed by atoms with Crippen LogP contribution >= 0.6 is 11.8 Å². The van der Waals surface area contributed by atoms with Gasteiger partial charge in [-0.05, 0) is 19.1 Å². The Bertz CT molecular complexity index is 259. The van der Waals surface area contributed by atoms with E-state index in [1.165, 1.54) is 0 Å². The summed E-state index contributed by atoms with van der Waals surface area (Å²) in [4.78, 5) is 22.9. The topological polar surface area (TPSA) is 84.2 Å². The molecule has 0 rings (SSSR count). The van der Waals surface area contributed by atoms with E-state index in [2.05, 4.69) is 10.6 Å². The van der Waals surface area contributed by atoms with Gasteiger partial charge in [0.25, 0.3) is 0 Å². The van der Waals surface area contributed by atoms with Crippen LogP contribution in [0.3, 0.4) is 0 Å². The van der Waals surface area contributed by atoms with Gasteiger partial charge in [0.1, 0.15) is 0 Å². The summed E-state index contributed by atoms with van der Waals surface area (Å²) in [6, 6.07) is -0.459. The zero-order valence-electron chi connectivity index (χ0n) is 10.9. The second kappa shape index (κ2) is 8.36. The summed E-state index contributed by atoms with van der Waals surface area (Å²) in [5, 5.41) is 5.32. The Morgan fingerprint density at radius 1 is 1.29 bits per heavy atom. The third-order valence-corrected chi connectivity index (χ3v) is 3.10. The van der Waals surface area contributed by atoms with E-state index in [4.69, 9.17) is 5.73 Å². The van der Waals surface area contributed by atoms with Crippen LogP contribution in [0, 0.1) is 5.92 Å². The van der Waals surface area contributed by atoms with Crippen molar-refractivity contribution in [2.45, 2.75) is 32.9 Å². The molecule has 0 bridgehead atoms. The van der Waals surface area contributed by atoms with Gasteiger partial charge in [-0.15, -0.1) is 0 Å². The maximum Gasteiger partial charge on any atom is 0.239 e. The van der Waals surface area contributed by atoms with E-state index in [0.29, 0.717) is 0 Å². The van der Waals surface area contributed by atoms with Crippen molar-refractivity contribution in [3.63, 3.8) is 0 Å². The van der Waals surface area contributed by atoms with E-state index < -0.39 is 6.04 Å². The van der Waals surface area contributed by atoms with Gasteiger partial charge < -0.3 is 16.4 Å². The second-order valence-corrected chi connectivity index (χ2v) is 5.32. The van der Waals surface area contributed by atoms with E-state index in [9.17, 15) is 9.59 Å². The molecule has 0 aromatic carbocycles. The lowest BCUT2D eigenvalue weighted by atomic mass is 10.1. The summed E-state index contributed by atoms with van der Waals surface area (Å²) >= 11 is 1.66. The third kappa shape index (κ3) is 7.23. The Morgan fingerprint density at radius 3 is 2.35 bits per heavy atom. The van der Waals surface area contributed by atoms with Crippen molar-refractivity contribution in [3.05, 3.63) is 0 Å². The molecule has 0 aliphatic heterocycles. The molecular formula is C11H23N3O2S. The van der Waals surface area contributed by atoms with Gasteiger partial charge in [-0.1, -0.05) is 13.8 Å². The number of hydrogen-bond acceptors (Lipinski definition) is 4. The van der Waals surface area contributed by atoms with E-state index in [-0.39, 0.29) is 30.3 Å². The number of carbonyl (C=O) groups is 2. The number of rotatable bonds is 7. The Labute approximate surface area is 107 Å². The van der Waals surface area contributed by atoms with Gasteiger partial charge in [0.2, 0.25) is 11.8 Å². The molecule has 0 spiro atoms. The summed E-state index contributed by atoms with van der Waals surface area (Å²) in [6.45, 7) is 5.64. The van der Waals surface area contributed by atoms with Crippen molar-refractivity contribution in [3.8, 4) is 0 Å². The molecule has 6 heteroatoms. The van der Waals surface area contributed by atoms with E-state index in [1.807, 2.05) is 27.0 Å². The summed E-state index contributed by atoms with van der Waals surface area (Å²) in [5.74, 6) is 0.447. The Morgan fingerprint density at radius 2 is 1.88 bits per heavy atom. The van der Waals surface area contributed by atoms with Crippen molar-refractivity contribution in [2.24, 2.45) is 11.7 Å². The van der Waals surface area contributed by atoms with Crippen LogP contribution in [0.1, 0.15) is 20.8 Å². The van der Waals surface area contributed by atoms with Crippen LogP contribution in [0.5, 0.6) is 0 Å². The number of carbonyl (C=O) groups excluding carboxylic acids is 2. The van der Waals surface area contributed by atoms with Crippen LogP contribution in [-0.2, 0) is 9.59 Å². The fraction of sp³-hybridized carbons (Fsp3) is 0.818. The summed E-state index contributed by atoms with van der Waals surface area (Å²) in [7, 11) is 0. The van der Waals surface area contributed by atoms with E-state index in [0.717, 1.165) is 5.75 Å². The van der Waals surface area contributed by atoms with E-state index in [1.54, 1.807) is 11.8 Å². The molecule has 0 radical (unpaired) electrons. The summed E-state index contributed by atoms with van der Waals surface area (Å²) < 4.78 is 0. The second-order valence-electron chi connectivity index (χ2n) is 4.41. The molecule has 1 unspecified atom stereocenters. The van der Waals surface area contributed by atoms with Gasteiger partial charge in [-0.25, -0.2) is 0 Å². The maximum atomic E-state index is 11.5. The highest BCUT2D eigenvalue weighted by atomic mass is 32.2. The molecule has 0 aromatic rings. The van der Waals surface area contributed by atoms with Crippen LogP contribution in [0.25, 0.3) is 0 Å². The molecule has 0 aliphatic carbocycles. The molecule has 17 heavy (non-hydrogen) atoms. The molecule has 0 fully saturated rings. The molecule has 100 valence electrons. The number of thioether (sulfide) groups is 1. The molecule has 0 saturated heterocycles. The highest BCUT2D eigenvalue weighted by Gasteiger charge is 2.17. The smallest absolute Gasteiger partial charge is 0.239 e. The first-order valence-corrected chi connectivity index (χ1v) is 7.09. The van der Waals surface area contributed by atoms with Gasteiger partial charge in [-0.2, -0.15) is 11.8 Å². The van der Waals surface area contributed by atoms with Crippen LogP contribution < -0.4 is 16.4 Å². The standard InChI is InChI=1S/C11H23N3O2S/c1-7(2)10(12)11(16)13-5-9(15)14-8(3)6-17-4/h7-8,10H,5-6,12H2,1-4H3,(H,13,16)(H,14,15)/t8?,10-/m0/s1. The minimum absolute atomic E-state index is 0.0159. The number of hydrogen-bond donors (Lipinski definition) is 3. The van der Waals surface area contributed by atoms with Crippen molar-refractivity contribution in [2.75, 3.05) is 18.6 Å². The van der Waals surface area contributed by atoms with Crippen molar-refractivity contribution in [1.82, 2.24) is 10.6 Å². The minimum Gasteiger partial charge on any atom is -0.351 e. The lowest BCUT2D eigenvalue weighted by Gasteiger charge is -2.16. The van der Waals surface area contributed by atoms with Gasteiger partial charge in [0.15, 0.2) is 0 Å². The largest absolute Gasteiger partial charge is 0.351 e. The zero-order chi connectivity index (χ0) is 13.4. The van der Waals surface area contributed by atoms with Crippen molar-refractivity contribution >= 4 is 23.6 Å². The first-order chi connectivity index (χ1) is 7.88. The Kier molecular flexibility index (Phi) is 7.99. The summed E-state index contributed by atoms with van der Waals surface area (Å²) in [6.07, 6.45) is 1.98. The molecule has 5 nitrogen and oxygen atoms in total. The molecule has 0 aliphatic rings. The monoisotopic (exact) mass is 261 g/mol. The number of nitrogens with two attached hydrogens (primary N) is 1. The predicted octanol–water partition coefficient (Wildman–Crippen LogP) is -0.0464. The van der Waals surface area contributed by atoms with Crippen LogP contribution in [-0.4, -0.2) is 42.5 Å². The highest BCUT2D eigenvalue weighted by molar-refractivity contribution is 7.98. The first kappa shape index (κ1) is 16.2. The van der Waals surface area contributed by atoms with Crippen LogP contribution in [0.15, 0.2) is 0 Å². The van der Waals surface area contributed by atoms with E-state index >= 15 is 0 Å². The third-order valence-electron chi connectivity index (χ3n) is 2.27. The average molecular weight is 261 g/mol. The molecule has 0 heterocycles. The zero-order valence-corrected chi connectivity index (χ0v) is 11.8. The normalized spacial score (nSPS) is 14.2. The summed E-state index contributed by atoms with van der Waals surface area (Å²) in [5.41, 5.74) is 5.65. The lowest BCUT2D eigenvalue weighted by Crippen LogP contribution is -2.48. The minimum atomic E-state index is -0.563. The molecule has 4 N–H and O–H groups in total. The fourth-order valence-electron chi connectivity index (χ4n) is 1.21. The molecule has 2 atom stereocenters. The maximum absolute atomic E-state index is 11.5. The van der Waals surface area contributed by atoms with Crippen molar-refractivity contribution < 1.29 is 9.59 Å². The Balaban J connectivity index is 3.88. The first-order valence-electron chi connectivity index (χ1n) is 5.70. The fourth-order valence-corrected chi connectivity index (χ4v) is 1.79. The average Bonchev–Trinajstić information content (AvgIpc) is 2.24. The van der Waals surface area contributed by atoms with Gasteiger partial charge >= 0.3 is 0 Å². The highest BCUT2D eigenvalue weighted by Crippen LogP contribution is 1.97.